The molecule has 2 aliphatic heterocycles. The van der Waals surface area contributed by atoms with Crippen molar-refractivity contribution < 1.29 is 9.21 Å². The van der Waals surface area contributed by atoms with Crippen LogP contribution in [0.1, 0.15) is 57.6 Å². The molecule has 29 heavy (non-hydrogen) atoms. The summed E-state index contributed by atoms with van der Waals surface area (Å²) in [7, 11) is 2.12. The molecule has 0 N–H and O–H groups in total. The van der Waals surface area contributed by atoms with Gasteiger partial charge in [-0.15, -0.1) is 0 Å². The minimum Gasteiger partial charge on any atom is -0.451 e. The van der Waals surface area contributed by atoms with Gasteiger partial charge in [-0.3, -0.25) is 4.79 Å². The van der Waals surface area contributed by atoms with E-state index in [0.29, 0.717) is 12.3 Å². The molecule has 0 aliphatic carbocycles. The van der Waals surface area contributed by atoms with Crippen LogP contribution in [-0.4, -0.2) is 45.8 Å². The van der Waals surface area contributed by atoms with Crippen LogP contribution in [0.3, 0.4) is 0 Å². The number of furan rings is 1. The van der Waals surface area contributed by atoms with E-state index in [2.05, 4.69) is 29.9 Å². The van der Waals surface area contributed by atoms with Crippen molar-refractivity contribution in [1.29, 1.82) is 0 Å². The van der Waals surface area contributed by atoms with Gasteiger partial charge < -0.3 is 14.2 Å². The Labute approximate surface area is 170 Å². The highest BCUT2D eigenvalue weighted by atomic mass is 16.3. The van der Waals surface area contributed by atoms with Crippen LogP contribution in [0.15, 0.2) is 28.8 Å². The molecule has 5 rings (SSSR count). The zero-order valence-electron chi connectivity index (χ0n) is 17.2. The molecule has 4 heterocycles. The van der Waals surface area contributed by atoms with E-state index in [0.717, 1.165) is 66.0 Å². The maximum Gasteiger partial charge on any atom is 0.290 e. The summed E-state index contributed by atoms with van der Waals surface area (Å²) in [5, 5.41) is 1.01. The summed E-state index contributed by atoms with van der Waals surface area (Å²) in [6.45, 7) is 6.63. The summed E-state index contributed by atoms with van der Waals surface area (Å²) in [6.07, 6.45) is 4.73. The highest BCUT2D eigenvalue weighted by molar-refractivity contribution is 5.99. The van der Waals surface area contributed by atoms with Crippen molar-refractivity contribution in [2.45, 2.75) is 45.7 Å². The predicted molar refractivity (Wildman–Crippen MR) is 111 cm³/mol. The summed E-state index contributed by atoms with van der Waals surface area (Å²) in [5.74, 6) is 1.15. The van der Waals surface area contributed by atoms with Crippen LogP contribution < -0.4 is 0 Å². The number of carbonyl (C=O) groups excluding carboxylic acids is 1. The number of fused-ring (bicyclic) bond motifs is 2. The molecule has 0 saturated carbocycles. The first-order chi connectivity index (χ1) is 14.0. The smallest absolute Gasteiger partial charge is 0.290 e. The second kappa shape index (κ2) is 6.95. The Bertz CT molecular complexity index is 1100. The second-order valence-electron chi connectivity index (χ2n) is 8.40. The number of hydrogen-bond donors (Lipinski definition) is 0. The number of amides is 1. The molecule has 1 atom stereocenters. The van der Waals surface area contributed by atoms with Crippen molar-refractivity contribution in [2.24, 2.45) is 0 Å². The fraction of sp³-hybridized carbons (Fsp3) is 0.435. The molecule has 3 aromatic rings. The van der Waals surface area contributed by atoms with Crippen LogP contribution in [0.25, 0.3) is 11.0 Å². The molecule has 1 amide bonds. The Morgan fingerprint density at radius 2 is 2.10 bits per heavy atom. The normalized spacial score (nSPS) is 19.7. The average molecular weight is 390 g/mol. The van der Waals surface area contributed by atoms with Crippen molar-refractivity contribution in [2.75, 3.05) is 20.1 Å². The second-order valence-corrected chi connectivity index (χ2v) is 8.40. The number of likely N-dealkylation sites (N-methyl/N-ethyl adjacent to an activating group) is 1. The van der Waals surface area contributed by atoms with Gasteiger partial charge >= 0.3 is 0 Å². The van der Waals surface area contributed by atoms with Crippen molar-refractivity contribution in [1.82, 2.24) is 19.8 Å². The molecule has 6 nitrogen and oxygen atoms in total. The number of benzene rings is 1. The van der Waals surface area contributed by atoms with Crippen LogP contribution in [0, 0.1) is 13.8 Å². The number of likely N-dealkylation sites (tertiary alicyclic amines) is 1. The average Bonchev–Trinajstić information content (AvgIpc) is 3.32. The van der Waals surface area contributed by atoms with Crippen LogP contribution in [0.4, 0.5) is 0 Å². The van der Waals surface area contributed by atoms with E-state index in [1.165, 1.54) is 5.56 Å². The minimum absolute atomic E-state index is 0.0556. The van der Waals surface area contributed by atoms with Gasteiger partial charge in [0.2, 0.25) is 0 Å². The summed E-state index contributed by atoms with van der Waals surface area (Å²) in [6, 6.07) is 5.95. The third kappa shape index (κ3) is 3.12. The van der Waals surface area contributed by atoms with Crippen LogP contribution in [0.5, 0.6) is 0 Å². The number of rotatable bonds is 2. The lowest BCUT2D eigenvalue weighted by atomic mass is 10.1. The zero-order valence-corrected chi connectivity index (χ0v) is 17.2. The third-order valence-corrected chi connectivity index (χ3v) is 6.24. The van der Waals surface area contributed by atoms with E-state index < -0.39 is 0 Å². The van der Waals surface area contributed by atoms with E-state index in [1.807, 2.05) is 30.2 Å². The Morgan fingerprint density at radius 3 is 2.97 bits per heavy atom. The fourth-order valence-corrected chi connectivity index (χ4v) is 4.58. The molecule has 1 aromatic carbocycles. The maximum atomic E-state index is 13.4. The first-order valence-corrected chi connectivity index (χ1v) is 10.3. The van der Waals surface area contributed by atoms with Crippen molar-refractivity contribution in [3.63, 3.8) is 0 Å². The molecule has 0 spiro atoms. The van der Waals surface area contributed by atoms with Gasteiger partial charge in [0, 0.05) is 54.5 Å². The van der Waals surface area contributed by atoms with Gasteiger partial charge in [0.05, 0.1) is 6.04 Å². The molecular formula is C23H26N4O2. The molecule has 2 aliphatic rings. The summed E-state index contributed by atoms with van der Waals surface area (Å²) >= 11 is 0. The fourth-order valence-electron chi connectivity index (χ4n) is 4.58. The highest BCUT2D eigenvalue weighted by Gasteiger charge is 2.35. The number of carbonyl (C=O) groups is 1. The highest BCUT2D eigenvalue weighted by Crippen LogP contribution is 2.34. The molecule has 150 valence electrons. The standard InChI is InChI=1S/C23H26N4O2/c1-14-6-7-20-17(11-14)15(2)21(29-20)23(28)27-9-4-5-19(27)22-24-12-16-13-26(3)10-8-18(16)25-22/h6-7,11-12,19H,4-5,8-10,13H2,1-3H3. The largest absolute Gasteiger partial charge is 0.451 e. The van der Waals surface area contributed by atoms with E-state index in [4.69, 9.17) is 9.40 Å². The number of hydrogen-bond acceptors (Lipinski definition) is 5. The number of aromatic nitrogens is 2. The molecule has 1 unspecified atom stereocenters. The molecule has 0 bridgehead atoms. The van der Waals surface area contributed by atoms with Crippen molar-refractivity contribution in [3.8, 4) is 0 Å². The SMILES string of the molecule is Cc1ccc2oc(C(=O)N3CCCC3c3ncc4c(n3)CCN(C)C4)c(C)c2c1. The van der Waals surface area contributed by atoms with Gasteiger partial charge in [0.15, 0.2) is 11.6 Å². The zero-order chi connectivity index (χ0) is 20.1. The number of nitrogens with zero attached hydrogens (tertiary/aromatic N) is 4. The Kier molecular flexibility index (Phi) is 4.39. The quantitative estimate of drug-likeness (QED) is 0.666. The maximum absolute atomic E-state index is 13.4. The summed E-state index contributed by atoms with van der Waals surface area (Å²) in [5.41, 5.74) is 5.16. The third-order valence-electron chi connectivity index (χ3n) is 6.24. The van der Waals surface area contributed by atoms with E-state index in [9.17, 15) is 4.79 Å². The van der Waals surface area contributed by atoms with Crippen LogP contribution in [-0.2, 0) is 13.0 Å². The van der Waals surface area contributed by atoms with Gasteiger partial charge in [-0.2, -0.15) is 0 Å². The summed E-state index contributed by atoms with van der Waals surface area (Å²) < 4.78 is 5.98. The Balaban J connectivity index is 1.47. The lowest BCUT2D eigenvalue weighted by molar-refractivity contribution is 0.0698. The summed E-state index contributed by atoms with van der Waals surface area (Å²) in [4.78, 5) is 27.1. The number of aryl methyl sites for hydroxylation is 2. The Morgan fingerprint density at radius 1 is 1.24 bits per heavy atom. The molecular weight excluding hydrogens is 364 g/mol. The van der Waals surface area contributed by atoms with Gasteiger partial charge in [0.25, 0.3) is 5.91 Å². The van der Waals surface area contributed by atoms with Crippen LogP contribution in [0.2, 0.25) is 0 Å². The molecule has 2 aromatic heterocycles. The van der Waals surface area contributed by atoms with Crippen molar-refractivity contribution >= 4 is 16.9 Å². The molecule has 6 heteroatoms. The molecule has 1 fully saturated rings. The Hall–Kier alpha value is -2.73. The van der Waals surface area contributed by atoms with Gasteiger partial charge in [-0.1, -0.05) is 11.6 Å². The van der Waals surface area contributed by atoms with E-state index >= 15 is 0 Å². The first kappa shape index (κ1) is 18.3. The van der Waals surface area contributed by atoms with Crippen molar-refractivity contribution in [3.05, 3.63) is 58.4 Å². The van der Waals surface area contributed by atoms with E-state index in [-0.39, 0.29) is 11.9 Å². The molecule has 0 radical (unpaired) electrons. The predicted octanol–water partition coefficient (Wildman–Crippen LogP) is 3.80. The van der Waals surface area contributed by atoms with Gasteiger partial charge in [0.1, 0.15) is 5.58 Å². The topological polar surface area (TPSA) is 62.5 Å². The molecule has 1 saturated heterocycles. The minimum atomic E-state index is -0.0817. The lowest BCUT2D eigenvalue weighted by Crippen LogP contribution is -2.33. The van der Waals surface area contributed by atoms with Crippen LogP contribution >= 0.6 is 0 Å². The van der Waals surface area contributed by atoms with E-state index in [1.54, 1.807) is 0 Å². The lowest BCUT2D eigenvalue weighted by Gasteiger charge is -2.26. The monoisotopic (exact) mass is 390 g/mol. The van der Waals surface area contributed by atoms with Gasteiger partial charge in [-0.25, -0.2) is 9.97 Å². The first-order valence-electron chi connectivity index (χ1n) is 10.3. The van der Waals surface area contributed by atoms with Gasteiger partial charge in [-0.05, 0) is 45.9 Å².